The first-order valence-corrected chi connectivity index (χ1v) is 4.78. The van der Waals surface area contributed by atoms with E-state index in [4.69, 9.17) is 0 Å². The van der Waals surface area contributed by atoms with Crippen molar-refractivity contribution in [2.24, 2.45) is 0 Å². The van der Waals surface area contributed by atoms with Crippen molar-refractivity contribution in [2.75, 3.05) is 19.6 Å². The van der Waals surface area contributed by atoms with Gasteiger partial charge in [-0.1, -0.05) is 0 Å². The Morgan fingerprint density at radius 2 is 2.50 bits per heavy atom. The Morgan fingerprint density at radius 3 is 3.14 bits per heavy atom. The molecule has 5 heteroatoms. The van der Waals surface area contributed by atoms with Crippen LogP contribution >= 0.6 is 12.4 Å². The number of hydrogen-bond acceptors (Lipinski definition) is 3. The number of nitrogens with zero attached hydrogens (tertiary/aromatic N) is 2. The summed E-state index contributed by atoms with van der Waals surface area (Å²) in [7, 11) is 0. The zero-order chi connectivity index (χ0) is 9.10. The topological polar surface area (TPSA) is 44.0 Å². The largest absolute Gasteiger partial charge is 0.312 e. The minimum Gasteiger partial charge on any atom is -0.312 e. The van der Waals surface area contributed by atoms with E-state index in [1.807, 2.05) is 6.07 Å². The average Bonchev–Trinajstić information content (AvgIpc) is 2.57. The van der Waals surface area contributed by atoms with Crippen LogP contribution in [0.5, 0.6) is 0 Å². The van der Waals surface area contributed by atoms with E-state index < -0.39 is 0 Å². The van der Waals surface area contributed by atoms with Crippen LogP contribution in [0.4, 0.5) is 0 Å². The molecule has 1 fully saturated rings. The molecule has 1 saturated heterocycles. The number of halogens is 1. The highest BCUT2D eigenvalue weighted by Crippen LogP contribution is 2.03. The predicted octanol–water partition coefficient (Wildman–Crippen LogP) is 0.625. The van der Waals surface area contributed by atoms with E-state index in [1.54, 1.807) is 6.20 Å². The quantitative estimate of drug-likeness (QED) is 0.762. The van der Waals surface area contributed by atoms with E-state index >= 15 is 0 Å². The first-order valence-electron chi connectivity index (χ1n) is 4.78. The summed E-state index contributed by atoms with van der Waals surface area (Å²) < 4.78 is 0. The van der Waals surface area contributed by atoms with Gasteiger partial charge in [-0.25, -0.2) is 0 Å². The molecule has 0 aromatic carbocycles. The molecule has 1 aliphatic heterocycles. The van der Waals surface area contributed by atoms with Gasteiger partial charge in [0.15, 0.2) is 0 Å². The molecule has 0 amide bonds. The second-order valence-corrected chi connectivity index (χ2v) is 3.67. The molecular weight excluding hydrogens is 200 g/mol. The lowest BCUT2D eigenvalue weighted by Gasteiger charge is -2.31. The summed E-state index contributed by atoms with van der Waals surface area (Å²) in [6, 6.07) is 2.64. The van der Waals surface area contributed by atoms with Crippen molar-refractivity contribution in [3.05, 3.63) is 18.0 Å². The number of rotatable bonds is 2. The van der Waals surface area contributed by atoms with E-state index in [-0.39, 0.29) is 12.4 Å². The van der Waals surface area contributed by atoms with Crippen molar-refractivity contribution in [1.29, 1.82) is 0 Å². The molecule has 14 heavy (non-hydrogen) atoms. The van der Waals surface area contributed by atoms with E-state index in [2.05, 4.69) is 27.3 Å². The van der Waals surface area contributed by atoms with Gasteiger partial charge in [-0.2, -0.15) is 5.10 Å². The normalized spacial score (nSPS) is 23.1. The van der Waals surface area contributed by atoms with Crippen molar-refractivity contribution in [3.8, 4) is 0 Å². The van der Waals surface area contributed by atoms with Crippen LogP contribution in [0, 0.1) is 0 Å². The van der Waals surface area contributed by atoms with Gasteiger partial charge in [0.05, 0.1) is 0 Å². The third kappa shape index (κ3) is 2.97. The number of piperazine rings is 1. The van der Waals surface area contributed by atoms with Crippen LogP contribution < -0.4 is 5.32 Å². The van der Waals surface area contributed by atoms with Gasteiger partial charge in [0.25, 0.3) is 0 Å². The van der Waals surface area contributed by atoms with Gasteiger partial charge in [-0.05, 0) is 13.0 Å². The van der Waals surface area contributed by atoms with Crippen LogP contribution in [-0.2, 0) is 6.54 Å². The zero-order valence-corrected chi connectivity index (χ0v) is 9.18. The van der Waals surface area contributed by atoms with Gasteiger partial charge in [-0.3, -0.25) is 10.00 Å². The van der Waals surface area contributed by atoms with Gasteiger partial charge in [0, 0.05) is 44.1 Å². The Morgan fingerprint density at radius 1 is 1.64 bits per heavy atom. The fourth-order valence-corrected chi connectivity index (χ4v) is 1.77. The molecular formula is C9H17ClN4. The summed E-state index contributed by atoms with van der Waals surface area (Å²) in [4.78, 5) is 2.44. The lowest BCUT2D eigenvalue weighted by Crippen LogP contribution is -2.48. The van der Waals surface area contributed by atoms with E-state index in [0.29, 0.717) is 6.04 Å². The van der Waals surface area contributed by atoms with E-state index in [0.717, 1.165) is 26.2 Å². The number of nitrogens with one attached hydrogen (secondary N) is 2. The first kappa shape index (κ1) is 11.5. The van der Waals surface area contributed by atoms with Crippen molar-refractivity contribution in [1.82, 2.24) is 20.4 Å². The van der Waals surface area contributed by atoms with Crippen LogP contribution in [0.25, 0.3) is 0 Å². The van der Waals surface area contributed by atoms with Gasteiger partial charge in [0.1, 0.15) is 0 Å². The molecule has 2 N–H and O–H groups in total. The maximum Gasteiger partial charge on any atom is 0.0492 e. The van der Waals surface area contributed by atoms with Gasteiger partial charge in [0.2, 0.25) is 0 Å². The molecule has 1 aromatic rings. The number of aromatic amines is 1. The van der Waals surface area contributed by atoms with Gasteiger partial charge in [-0.15, -0.1) is 12.4 Å². The highest BCUT2D eigenvalue weighted by Gasteiger charge is 2.15. The minimum absolute atomic E-state index is 0. The van der Waals surface area contributed by atoms with Crippen molar-refractivity contribution < 1.29 is 0 Å². The SMILES string of the molecule is C[C@@H]1CN(Cc2ccn[nH]2)CCN1.Cl. The van der Waals surface area contributed by atoms with Crippen LogP contribution in [0.1, 0.15) is 12.6 Å². The fraction of sp³-hybridized carbons (Fsp3) is 0.667. The number of aromatic nitrogens is 2. The molecule has 1 aromatic heterocycles. The molecule has 4 nitrogen and oxygen atoms in total. The third-order valence-corrected chi connectivity index (χ3v) is 2.41. The molecule has 0 bridgehead atoms. The van der Waals surface area contributed by atoms with E-state index in [1.165, 1.54) is 5.69 Å². The van der Waals surface area contributed by atoms with Crippen LogP contribution in [0.15, 0.2) is 12.3 Å². The smallest absolute Gasteiger partial charge is 0.0492 e. The molecule has 0 radical (unpaired) electrons. The molecule has 2 heterocycles. The first-order chi connectivity index (χ1) is 6.34. The number of H-pyrrole nitrogens is 1. The highest BCUT2D eigenvalue weighted by atomic mass is 35.5. The van der Waals surface area contributed by atoms with Gasteiger partial charge < -0.3 is 5.32 Å². The highest BCUT2D eigenvalue weighted by molar-refractivity contribution is 5.85. The summed E-state index contributed by atoms with van der Waals surface area (Å²) >= 11 is 0. The Labute approximate surface area is 90.5 Å². The second kappa shape index (κ2) is 5.34. The van der Waals surface area contributed by atoms with Crippen LogP contribution in [0.2, 0.25) is 0 Å². The van der Waals surface area contributed by atoms with Crippen LogP contribution in [-0.4, -0.2) is 40.8 Å². The second-order valence-electron chi connectivity index (χ2n) is 3.67. The summed E-state index contributed by atoms with van der Waals surface area (Å²) in [5.74, 6) is 0. The molecule has 0 unspecified atom stereocenters. The molecule has 0 spiro atoms. The standard InChI is InChI=1S/C9H16N4.ClH/c1-8-6-13(5-4-10-8)7-9-2-3-11-12-9;/h2-3,8,10H,4-7H2,1H3,(H,11,12);1H/t8-;/m1./s1. The zero-order valence-electron chi connectivity index (χ0n) is 8.36. The summed E-state index contributed by atoms with van der Waals surface area (Å²) in [5, 5.41) is 10.4. The maximum atomic E-state index is 3.94. The fourth-order valence-electron chi connectivity index (χ4n) is 1.77. The molecule has 1 aliphatic rings. The summed E-state index contributed by atoms with van der Waals surface area (Å²) in [6.45, 7) is 6.56. The van der Waals surface area contributed by atoms with E-state index in [9.17, 15) is 0 Å². The Hall–Kier alpha value is -0.580. The van der Waals surface area contributed by atoms with Crippen LogP contribution in [0.3, 0.4) is 0 Å². The third-order valence-electron chi connectivity index (χ3n) is 2.41. The molecule has 0 aliphatic carbocycles. The van der Waals surface area contributed by atoms with Gasteiger partial charge >= 0.3 is 0 Å². The number of hydrogen-bond donors (Lipinski definition) is 2. The average molecular weight is 217 g/mol. The molecule has 80 valence electrons. The lowest BCUT2D eigenvalue weighted by molar-refractivity contribution is 0.197. The van der Waals surface area contributed by atoms with Crippen molar-refractivity contribution >= 4 is 12.4 Å². The Kier molecular flexibility index (Phi) is 4.38. The molecule has 2 rings (SSSR count). The molecule has 1 atom stereocenters. The summed E-state index contributed by atoms with van der Waals surface area (Å²) in [5.41, 5.74) is 1.20. The minimum atomic E-state index is 0. The Bertz CT molecular complexity index is 249. The summed E-state index contributed by atoms with van der Waals surface area (Å²) in [6.07, 6.45) is 1.81. The maximum absolute atomic E-state index is 3.94. The lowest BCUT2D eigenvalue weighted by atomic mass is 10.2. The van der Waals surface area contributed by atoms with Crippen molar-refractivity contribution in [3.63, 3.8) is 0 Å². The van der Waals surface area contributed by atoms with Crippen molar-refractivity contribution in [2.45, 2.75) is 19.5 Å². The predicted molar refractivity (Wildman–Crippen MR) is 58.6 cm³/mol. The Balaban J connectivity index is 0.000000980. The monoisotopic (exact) mass is 216 g/mol. The molecule has 0 saturated carbocycles.